The average molecular weight is 284 g/mol. The number of carbonyl (C=O) groups is 1. The fourth-order valence-electron chi connectivity index (χ4n) is 2.07. The quantitative estimate of drug-likeness (QED) is 0.793. The van der Waals surface area contributed by atoms with E-state index in [4.69, 9.17) is 11.6 Å². The number of benzene rings is 1. The molecule has 1 saturated heterocycles. The lowest BCUT2D eigenvalue weighted by Gasteiger charge is -2.32. The maximum atomic E-state index is 12.3. The average Bonchev–Trinajstić information content (AvgIpc) is 2.46. The minimum absolute atomic E-state index is 0.148. The van der Waals surface area contributed by atoms with Crippen molar-refractivity contribution in [2.75, 3.05) is 18.8 Å². The summed E-state index contributed by atoms with van der Waals surface area (Å²) in [5.41, 5.74) is 1.82. The molecule has 1 amide bonds. The Morgan fingerprint density at radius 2 is 2.17 bits per heavy atom. The summed E-state index contributed by atoms with van der Waals surface area (Å²) in [6.45, 7) is 3.91. The molecular weight excluding hydrogens is 266 g/mol. The zero-order valence-corrected chi connectivity index (χ0v) is 12.1. The van der Waals surface area contributed by atoms with Crippen LogP contribution in [0.5, 0.6) is 0 Å². The van der Waals surface area contributed by atoms with E-state index in [2.05, 4.69) is 6.92 Å². The minimum atomic E-state index is 0.148. The summed E-state index contributed by atoms with van der Waals surface area (Å²) in [5, 5.41) is 0.588. The predicted octanol–water partition coefficient (Wildman–Crippen LogP) is 3.39. The molecule has 0 aliphatic carbocycles. The summed E-state index contributed by atoms with van der Waals surface area (Å²) in [6, 6.07) is 7.61. The molecule has 0 N–H and O–H groups in total. The van der Waals surface area contributed by atoms with E-state index < -0.39 is 0 Å². The van der Waals surface area contributed by atoms with E-state index in [1.165, 1.54) is 0 Å². The second kappa shape index (κ2) is 6.48. The van der Waals surface area contributed by atoms with Crippen LogP contribution in [0.15, 0.2) is 24.3 Å². The first-order chi connectivity index (χ1) is 8.74. The second-order valence-electron chi connectivity index (χ2n) is 4.48. The van der Waals surface area contributed by atoms with E-state index in [9.17, 15) is 4.79 Å². The van der Waals surface area contributed by atoms with Crippen LogP contribution in [-0.4, -0.2) is 34.9 Å². The van der Waals surface area contributed by atoms with Crippen molar-refractivity contribution in [1.82, 2.24) is 4.90 Å². The maximum absolute atomic E-state index is 12.3. The van der Waals surface area contributed by atoms with Crippen LogP contribution in [-0.2, 0) is 5.88 Å². The number of alkyl halides is 1. The van der Waals surface area contributed by atoms with Gasteiger partial charge in [0.2, 0.25) is 0 Å². The van der Waals surface area contributed by atoms with Crippen LogP contribution in [0, 0.1) is 0 Å². The van der Waals surface area contributed by atoms with E-state index in [0.29, 0.717) is 11.1 Å². The lowest BCUT2D eigenvalue weighted by molar-refractivity contribution is 0.0761. The molecule has 1 aliphatic rings. The van der Waals surface area contributed by atoms with Crippen molar-refractivity contribution in [3.05, 3.63) is 35.4 Å². The highest BCUT2D eigenvalue weighted by Gasteiger charge is 2.23. The van der Waals surface area contributed by atoms with Gasteiger partial charge in [0.05, 0.1) is 0 Å². The van der Waals surface area contributed by atoms with Crippen LogP contribution in [0.3, 0.4) is 0 Å². The zero-order chi connectivity index (χ0) is 13.0. The third kappa shape index (κ3) is 3.21. The van der Waals surface area contributed by atoms with Gasteiger partial charge in [0.15, 0.2) is 0 Å². The Morgan fingerprint density at radius 1 is 1.44 bits per heavy atom. The van der Waals surface area contributed by atoms with Crippen LogP contribution in [0.2, 0.25) is 0 Å². The molecule has 0 radical (unpaired) electrons. The first-order valence-electron chi connectivity index (χ1n) is 6.30. The Balaban J connectivity index is 2.05. The molecule has 1 atom stereocenters. The van der Waals surface area contributed by atoms with E-state index >= 15 is 0 Å². The van der Waals surface area contributed by atoms with E-state index in [1.54, 1.807) is 0 Å². The number of hydrogen-bond acceptors (Lipinski definition) is 2. The number of carbonyl (C=O) groups excluding carboxylic acids is 1. The Labute approximate surface area is 118 Å². The van der Waals surface area contributed by atoms with Gasteiger partial charge in [0, 0.05) is 35.5 Å². The van der Waals surface area contributed by atoms with Gasteiger partial charge in [0.1, 0.15) is 0 Å². The lowest BCUT2D eigenvalue weighted by atomic mass is 10.1. The molecule has 1 aromatic carbocycles. The van der Waals surface area contributed by atoms with Crippen molar-refractivity contribution in [2.24, 2.45) is 0 Å². The highest BCUT2D eigenvalue weighted by atomic mass is 35.5. The van der Waals surface area contributed by atoms with Crippen LogP contribution >= 0.6 is 23.4 Å². The highest BCUT2D eigenvalue weighted by Crippen LogP contribution is 2.22. The number of halogens is 1. The highest BCUT2D eigenvalue weighted by molar-refractivity contribution is 8.00. The maximum Gasteiger partial charge on any atom is 0.253 e. The molecule has 2 nitrogen and oxygen atoms in total. The molecule has 0 aromatic heterocycles. The SMILES string of the molecule is CCC1CN(C(=O)c2ccc(CCl)cc2)CCS1. The fraction of sp³-hybridized carbons (Fsp3) is 0.500. The van der Waals surface area contributed by atoms with E-state index in [0.717, 1.165) is 36.4 Å². The summed E-state index contributed by atoms with van der Waals surface area (Å²) >= 11 is 7.72. The van der Waals surface area contributed by atoms with Crippen molar-refractivity contribution in [3.63, 3.8) is 0 Å². The molecule has 98 valence electrons. The smallest absolute Gasteiger partial charge is 0.253 e. The van der Waals surface area contributed by atoms with Crippen LogP contribution in [0.4, 0.5) is 0 Å². The first-order valence-corrected chi connectivity index (χ1v) is 7.88. The molecule has 1 heterocycles. The fourth-order valence-corrected chi connectivity index (χ4v) is 3.43. The van der Waals surface area contributed by atoms with Crippen molar-refractivity contribution in [1.29, 1.82) is 0 Å². The van der Waals surface area contributed by atoms with Gasteiger partial charge in [-0.1, -0.05) is 19.1 Å². The van der Waals surface area contributed by atoms with Crippen molar-refractivity contribution >= 4 is 29.3 Å². The number of hydrogen-bond donors (Lipinski definition) is 0. The topological polar surface area (TPSA) is 20.3 Å². The Morgan fingerprint density at radius 3 is 2.78 bits per heavy atom. The van der Waals surface area contributed by atoms with Gasteiger partial charge in [-0.2, -0.15) is 11.8 Å². The lowest BCUT2D eigenvalue weighted by Crippen LogP contribution is -2.41. The molecule has 2 rings (SSSR count). The van der Waals surface area contributed by atoms with Gasteiger partial charge in [0.25, 0.3) is 5.91 Å². The molecule has 1 unspecified atom stereocenters. The third-order valence-electron chi connectivity index (χ3n) is 3.24. The molecule has 0 spiro atoms. The Kier molecular flexibility index (Phi) is 4.95. The summed E-state index contributed by atoms with van der Waals surface area (Å²) in [7, 11) is 0. The third-order valence-corrected chi connectivity index (χ3v) is 4.92. The predicted molar refractivity (Wildman–Crippen MR) is 78.4 cm³/mol. The Bertz CT molecular complexity index is 407. The van der Waals surface area contributed by atoms with Crippen molar-refractivity contribution < 1.29 is 4.79 Å². The summed E-state index contributed by atoms with van der Waals surface area (Å²) in [5.74, 6) is 1.69. The summed E-state index contributed by atoms with van der Waals surface area (Å²) < 4.78 is 0. The number of rotatable bonds is 3. The van der Waals surface area contributed by atoms with Gasteiger partial charge in [-0.15, -0.1) is 11.6 Å². The molecule has 4 heteroatoms. The van der Waals surface area contributed by atoms with Gasteiger partial charge in [-0.3, -0.25) is 4.79 Å². The van der Waals surface area contributed by atoms with E-state index in [-0.39, 0.29) is 5.91 Å². The molecule has 0 saturated carbocycles. The van der Waals surface area contributed by atoms with E-state index in [1.807, 2.05) is 40.9 Å². The molecule has 0 bridgehead atoms. The normalized spacial score (nSPS) is 19.9. The van der Waals surface area contributed by atoms with Crippen molar-refractivity contribution in [2.45, 2.75) is 24.5 Å². The summed E-state index contributed by atoms with van der Waals surface area (Å²) in [4.78, 5) is 14.3. The zero-order valence-electron chi connectivity index (χ0n) is 10.6. The summed E-state index contributed by atoms with van der Waals surface area (Å²) in [6.07, 6.45) is 1.12. The van der Waals surface area contributed by atoms with Gasteiger partial charge < -0.3 is 4.90 Å². The number of nitrogens with zero attached hydrogens (tertiary/aromatic N) is 1. The number of thioether (sulfide) groups is 1. The largest absolute Gasteiger partial charge is 0.337 e. The Hall–Kier alpha value is -0.670. The van der Waals surface area contributed by atoms with Crippen LogP contribution in [0.1, 0.15) is 29.3 Å². The van der Waals surface area contributed by atoms with Crippen LogP contribution in [0.25, 0.3) is 0 Å². The van der Waals surface area contributed by atoms with Crippen molar-refractivity contribution in [3.8, 4) is 0 Å². The standard InChI is InChI=1S/C14H18ClNOS/c1-2-13-10-16(7-8-18-13)14(17)12-5-3-11(9-15)4-6-12/h3-6,13H,2,7-10H2,1H3. The van der Waals surface area contributed by atoms with Crippen LogP contribution < -0.4 is 0 Å². The van der Waals surface area contributed by atoms with Gasteiger partial charge in [-0.05, 0) is 24.1 Å². The molecule has 1 aromatic rings. The molecular formula is C14H18ClNOS. The van der Waals surface area contributed by atoms with Gasteiger partial charge in [-0.25, -0.2) is 0 Å². The molecule has 18 heavy (non-hydrogen) atoms. The molecule has 1 aliphatic heterocycles. The monoisotopic (exact) mass is 283 g/mol. The second-order valence-corrected chi connectivity index (χ2v) is 6.16. The minimum Gasteiger partial charge on any atom is -0.337 e. The molecule has 1 fully saturated rings. The first kappa shape index (κ1) is 13.8. The number of amides is 1. The van der Waals surface area contributed by atoms with Gasteiger partial charge >= 0.3 is 0 Å².